The molecule has 4 heterocycles. The second-order valence-electron chi connectivity index (χ2n) is 12.2. The average Bonchev–Trinajstić information content (AvgIpc) is 3.78. The number of rotatable bonds is 5. The van der Waals surface area contributed by atoms with Gasteiger partial charge in [-0.25, -0.2) is 15.0 Å². The molecular weight excluding hydrogens is 617 g/mol. The minimum Gasteiger partial charge on any atom is -0.455 e. The van der Waals surface area contributed by atoms with E-state index in [2.05, 4.69) is 77.8 Å². The van der Waals surface area contributed by atoms with E-state index in [1.807, 2.05) is 79.0 Å². The van der Waals surface area contributed by atoms with Gasteiger partial charge in [-0.2, -0.15) is 0 Å². The summed E-state index contributed by atoms with van der Waals surface area (Å²) in [6, 6.07) is 49.0. The summed E-state index contributed by atoms with van der Waals surface area (Å²) in [5.74, 6) is 1.75. The molecule has 0 atom stereocenters. The van der Waals surface area contributed by atoms with E-state index in [9.17, 15) is 0 Å². The van der Waals surface area contributed by atoms with Crippen LogP contribution < -0.4 is 0 Å². The molecule has 10 rings (SSSR count). The summed E-state index contributed by atoms with van der Waals surface area (Å²) in [5, 5.41) is 4.08. The van der Waals surface area contributed by atoms with Crippen LogP contribution in [0.25, 0.3) is 100 Å². The zero-order valence-electron chi connectivity index (χ0n) is 26.6. The van der Waals surface area contributed by atoms with Gasteiger partial charge in [0.15, 0.2) is 17.5 Å². The standard InChI is InChI=1S/C44H26N4O2/c1-2-10-28(11-3-1)42-46-43(29-21-19-27(20-22-29)30-12-9-25-45-26-30)48-44(47-42)36-24-23-34(41-39(36)35-14-5-7-18-38(35)50-41)33-16-8-15-32-31-13-4-6-17-37(31)49-40(32)33/h1-26H. The van der Waals surface area contributed by atoms with Crippen LogP contribution in [0, 0.1) is 0 Å². The van der Waals surface area contributed by atoms with Gasteiger partial charge in [0.25, 0.3) is 0 Å². The molecule has 0 saturated carbocycles. The maximum absolute atomic E-state index is 6.69. The van der Waals surface area contributed by atoms with Gasteiger partial charge in [0, 0.05) is 61.8 Å². The molecule has 0 aliphatic carbocycles. The number of pyridine rings is 1. The van der Waals surface area contributed by atoms with Gasteiger partial charge in [0.2, 0.25) is 0 Å². The van der Waals surface area contributed by atoms with Gasteiger partial charge >= 0.3 is 0 Å². The number of fused-ring (bicyclic) bond motifs is 6. The molecule has 50 heavy (non-hydrogen) atoms. The molecule has 0 saturated heterocycles. The minimum absolute atomic E-state index is 0.565. The lowest BCUT2D eigenvalue weighted by Crippen LogP contribution is -2.00. The zero-order valence-corrected chi connectivity index (χ0v) is 26.6. The van der Waals surface area contributed by atoms with Gasteiger partial charge in [0.05, 0.1) is 0 Å². The highest BCUT2D eigenvalue weighted by Crippen LogP contribution is 2.44. The van der Waals surface area contributed by atoms with Crippen LogP contribution in [0.4, 0.5) is 0 Å². The van der Waals surface area contributed by atoms with E-state index in [4.69, 9.17) is 23.8 Å². The molecular formula is C44H26N4O2. The lowest BCUT2D eigenvalue weighted by atomic mass is 9.96. The highest BCUT2D eigenvalue weighted by molar-refractivity contribution is 6.18. The Morgan fingerprint density at radius 2 is 0.940 bits per heavy atom. The first-order valence-electron chi connectivity index (χ1n) is 16.5. The van der Waals surface area contributed by atoms with E-state index in [0.717, 1.165) is 82.8 Å². The third-order valence-corrected chi connectivity index (χ3v) is 9.27. The van der Waals surface area contributed by atoms with E-state index >= 15 is 0 Å². The second kappa shape index (κ2) is 11.4. The van der Waals surface area contributed by atoms with E-state index in [1.165, 1.54) is 0 Å². The molecule has 10 aromatic rings. The SMILES string of the molecule is c1ccc(-c2nc(-c3ccc(-c4cccnc4)cc3)nc(-c3ccc(-c4cccc5c4oc4ccccc45)c4oc5ccccc5c34)n2)cc1. The summed E-state index contributed by atoms with van der Waals surface area (Å²) in [6.07, 6.45) is 3.64. The molecule has 6 heteroatoms. The largest absolute Gasteiger partial charge is 0.455 e. The fraction of sp³-hybridized carbons (Fsp3) is 0. The lowest BCUT2D eigenvalue weighted by Gasteiger charge is -2.11. The van der Waals surface area contributed by atoms with E-state index in [-0.39, 0.29) is 0 Å². The van der Waals surface area contributed by atoms with E-state index < -0.39 is 0 Å². The topological polar surface area (TPSA) is 77.8 Å². The second-order valence-corrected chi connectivity index (χ2v) is 12.2. The Labute approximate surface area is 286 Å². The quantitative estimate of drug-likeness (QED) is 0.186. The molecule has 6 aromatic carbocycles. The molecule has 0 N–H and O–H groups in total. The normalized spacial score (nSPS) is 11.6. The summed E-state index contributed by atoms with van der Waals surface area (Å²) in [5.41, 5.74) is 9.90. The van der Waals surface area contributed by atoms with Crippen molar-refractivity contribution in [3.8, 4) is 56.4 Å². The van der Waals surface area contributed by atoms with E-state index in [0.29, 0.717) is 17.5 Å². The van der Waals surface area contributed by atoms with Crippen LogP contribution in [0.15, 0.2) is 167 Å². The predicted molar refractivity (Wildman–Crippen MR) is 199 cm³/mol. The van der Waals surface area contributed by atoms with Gasteiger partial charge < -0.3 is 8.83 Å². The summed E-state index contributed by atoms with van der Waals surface area (Å²) in [6.45, 7) is 0. The molecule has 6 nitrogen and oxygen atoms in total. The van der Waals surface area contributed by atoms with Crippen LogP contribution in [0.5, 0.6) is 0 Å². The molecule has 0 aliphatic rings. The van der Waals surface area contributed by atoms with Crippen molar-refractivity contribution in [1.29, 1.82) is 0 Å². The van der Waals surface area contributed by atoms with E-state index in [1.54, 1.807) is 6.20 Å². The first kappa shape index (κ1) is 28.1. The molecule has 0 fully saturated rings. The molecule has 234 valence electrons. The Morgan fingerprint density at radius 1 is 0.360 bits per heavy atom. The fourth-order valence-electron chi connectivity index (χ4n) is 6.87. The van der Waals surface area contributed by atoms with Gasteiger partial charge in [-0.3, -0.25) is 4.98 Å². The van der Waals surface area contributed by atoms with Crippen molar-refractivity contribution in [2.45, 2.75) is 0 Å². The first-order valence-corrected chi connectivity index (χ1v) is 16.5. The average molecular weight is 643 g/mol. The molecule has 4 aromatic heterocycles. The fourth-order valence-corrected chi connectivity index (χ4v) is 6.87. The number of benzene rings is 6. The highest BCUT2D eigenvalue weighted by Gasteiger charge is 2.22. The van der Waals surface area contributed by atoms with Gasteiger partial charge in [-0.05, 0) is 41.5 Å². The minimum atomic E-state index is 0.565. The molecule has 0 bridgehead atoms. The number of nitrogens with zero attached hydrogens (tertiary/aromatic N) is 4. The smallest absolute Gasteiger partial charge is 0.164 e. The molecule has 0 unspecified atom stereocenters. The van der Waals surface area contributed by atoms with Crippen LogP contribution >= 0.6 is 0 Å². The monoisotopic (exact) mass is 642 g/mol. The predicted octanol–water partition coefficient (Wildman–Crippen LogP) is 11.4. The molecule has 0 radical (unpaired) electrons. The maximum Gasteiger partial charge on any atom is 0.164 e. The number of furan rings is 2. The summed E-state index contributed by atoms with van der Waals surface area (Å²) < 4.78 is 13.2. The van der Waals surface area contributed by atoms with Gasteiger partial charge in [-0.1, -0.05) is 115 Å². The Morgan fingerprint density at radius 3 is 1.72 bits per heavy atom. The third kappa shape index (κ3) is 4.58. The van der Waals surface area contributed by atoms with Crippen LogP contribution in [0.2, 0.25) is 0 Å². The van der Waals surface area contributed by atoms with Crippen LogP contribution in [0.3, 0.4) is 0 Å². The Balaban J connectivity index is 1.20. The van der Waals surface area contributed by atoms with Crippen molar-refractivity contribution < 1.29 is 8.83 Å². The summed E-state index contributed by atoms with van der Waals surface area (Å²) in [7, 11) is 0. The van der Waals surface area contributed by atoms with Gasteiger partial charge in [-0.15, -0.1) is 0 Å². The Bertz CT molecular complexity index is 2860. The molecule has 0 aliphatic heterocycles. The Kier molecular flexibility index (Phi) is 6.39. The maximum atomic E-state index is 6.69. The lowest BCUT2D eigenvalue weighted by molar-refractivity contribution is 0.665. The van der Waals surface area contributed by atoms with Crippen molar-refractivity contribution in [3.05, 3.63) is 158 Å². The summed E-state index contributed by atoms with van der Waals surface area (Å²) in [4.78, 5) is 19.5. The number of hydrogen-bond donors (Lipinski definition) is 0. The van der Waals surface area contributed by atoms with Crippen LogP contribution in [-0.2, 0) is 0 Å². The number of para-hydroxylation sites is 3. The van der Waals surface area contributed by atoms with Crippen molar-refractivity contribution in [2.24, 2.45) is 0 Å². The third-order valence-electron chi connectivity index (χ3n) is 9.27. The first-order chi connectivity index (χ1) is 24.8. The Hall–Kier alpha value is -6.92. The van der Waals surface area contributed by atoms with Crippen LogP contribution in [0.1, 0.15) is 0 Å². The van der Waals surface area contributed by atoms with Crippen LogP contribution in [-0.4, -0.2) is 19.9 Å². The number of hydrogen-bond acceptors (Lipinski definition) is 6. The molecule has 0 spiro atoms. The zero-order chi connectivity index (χ0) is 33.0. The van der Waals surface area contributed by atoms with Gasteiger partial charge in [0.1, 0.15) is 22.3 Å². The summed E-state index contributed by atoms with van der Waals surface area (Å²) >= 11 is 0. The number of aromatic nitrogens is 4. The van der Waals surface area contributed by atoms with Crippen molar-refractivity contribution in [3.63, 3.8) is 0 Å². The molecule has 0 amide bonds. The highest BCUT2D eigenvalue weighted by atomic mass is 16.3. The van der Waals surface area contributed by atoms with Crippen molar-refractivity contribution in [1.82, 2.24) is 19.9 Å². The van der Waals surface area contributed by atoms with Crippen molar-refractivity contribution >= 4 is 43.9 Å². The van der Waals surface area contributed by atoms with Crippen molar-refractivity contribution in [2.75, 3.05) is 0 Å².